The number of nitrogens with one attached hydrogen (secondary N) is 1. The molecule has 0 saturated heterocycles. The molecule has 0 bridgehead atoms. The maximum Gasteiger partial charge on any atom is 0.254 e. The van der Waals surface area contributed by atoms with Gasteiger partial charge in [0, 0.05) is 19.2 Å². The minimum Gasteiger partial charge on any atom is -0.384 e. The van der Waals surface area contributed by atoms with Crippen molar-refractivity contribution in [1.29, 1.82) is 0 Å². The lowest BCUT2D eigenvalue weighted by Gasteiger charge is -2.22. The highest BCUT2D eigenvalue weighted by atomic mass is 16.2. The van der Waals surface area contributed by atoms with Crippen molar-refractivity contribution in [2.45, 2.75) is 78.8 Å². The number of nitrogens with zero attached hydrogens (tertiary/aromatic N) is 1. The molecule has 4 rings (SSSR count). The van der Waals surface area contributed by atoms with Gasteiger partial charge in [-0.3, -0.25) is 4.79 Å². The van der Waals surface area contributed by atoms with Gasteiger partial charge in [0.1, 0.15) is 0 Å². The number of hydrogen-bond acceptors (Lipinski definition) is 2. The average molecular weight is 445 g/mol. The molecule has 2 aromatic carbocycles. The van der Waals surface area contributed by atoms with Crippen molar-refractivity contribution in [1.82, 2.24) is 10.2 Å². The molecule has 1 amide bonds. The maximum atomic E-state index is 12.8. The van der Waals surface area contributed by atoms with Gasteiger partial charge < -0.3 is 10.2 Å². The van der Waals surface area contributed by atoms with Gasteiger partial charge >= 0.3 is 0 Å². The fourth-order valence-electron chi connectivity index (χ4n) is 5.88. The predicted octanol–water partition coefficient (Wildman–Crippen LogP) is 7.19. The van der Waals surface area contributed by atoms with Crippen molar-refractivity contribution in [3.8, 4) is 11.1 Å². The maximum absolute atomic E-state index is 12.8. The second-order valence-corrected chi connectivity index (χ2v) is 10.2. The van der Waals surface area contributed by atoms with Crippen molar-refractivity contribution in [3.05, 3.63) is 70.4 Å². The van der Waals surface area contributed by atoms with Crippen molar-refractivity contribution >= 4 is 5.91 Å². The molecule has 2 unspecified atom stereocenters. The number of carbonyl (C=O) groups excluding carboxylic acids is 1. The summed E-state index contributed by atoms with van der Waals surface area (Å²) >= 11 is 0. The molecule has 0 aliphatic carbocycles. The highest BCUT2D eigenvalue weighted by Gasteiger charge is 2.29. The molecule has 2 aromatic rings. The second kappa shape index (κ2) is 10.2. The van der Waals surface area contributed by atoms with E-state index in [9.17, 15) is 4.79 Å². The Kier molecular flexibility index (Phi) is 7.26. The summed E-state index contributed by atoms with van der Waals surface area (Å²) in [4.78, 5) is 14.7. The van der Waals surface area contributed by atoms with Gasteiger partial charge in [-0.05, 0) is 89.7 Å². The summed E-state index contributed by atoms with van der Waals surface area (Å²) in [5.74, 6) is 1.73. The van der Waals surface area contributed by atoms with Gasteiger partial charge in [0.2, 0.25) is 0 Å². The number of rotatable bonds is 9. The van der Waals surface area contributed by atoms with Crippen molar-refractivity contribution in [2.75, 3.05) is 7.05 Å². The van der Waals surface area contributed by atoms with Crippen LogP contribution in [0.4, 0.5) is 0 Å². The van der Waals surface area contributed by atoms with Crippen molar-refractivity contribution in [3.63, 3.8) is 0 Å². The Balaban J connectivity index is 1.69. The van der Waals surface area contributed by atoms with Gasteiger partial charge in [-0.1, -0.05) is 64.3 Å². The summed E-state index contributed by atoms with van der Waals surface area (Å²) in [5, 5.41) is 3.48. The van der Waals surface area contributed by atoms with Crippen LogP contribution in [-0.2, 0) is 13.0 Å². The molecule has 2 aliphatic rings. The molecule has 0 radical (unpaired) electrons. The van der Waals surface area contributed by atoms with E-state index < -0.39 is 0 Å². The number of carbonyl (C=O) groups is 1. The van der Waals surface area contributed by atoms with Gasteiger partial charge in [-0.15, -0.1) is 0 Å². The largest absolute Gasteiger partial charge is 0.384 e. The minimum atomic E-state index is 0.149. The van der Waals surface area contributed by atoms with Gasteiger partial charge in [0.05, 0.1) is 6.04 Å². The third-order valence-electron chi connectivity index (χ3n) is 8.05. The SMILES string of the molecule is CCC(CC)C(C)CCCc1ccc2c(c1-c1cc(C3CC=CN3)ccc1C)CN(C)C2=O. The molecule has 2 aliphatic heterocycles. The van der Waals surface area contributed by atoms with E-state index in [2.05, 4.69) is 75.6 Å². The molecule has 0 spiro atoms. The molecule has 2 atom stereocenters. The fraction of sp³-hybridized carbons (Fsp3) is 0.500. The van der Waals surface area contributed by atoms with E-state index in [1.807, 2.05) is 11.9 Å². The van der Waals surface area contributed by atoms with Crippen molar-refractivity contribution in [2.24, 2.45) is 11.8 Å². The molecule has 176 valence electrons. The van der Waals surface area contributed by atoms with Crippen LogP contribution in [0.3, 0.4) is 0 Å². The fourth-order valence-corrected chi connectivity index (χ4v) is 5.88. The third kappa shape index (κ3) is 4.74. The number of benzene rings is 2. The number of hydrogen-bond donors (Lipinski definition) is 1. The molecule has 0 aromatic heterocycles. The van der Waals surface area contributed by atoms with Gasteiger partial charge in [-0.25, -0.2) is 0 Å². The Morgan fingerprint density at radius 3 is 2.61 bits per heavy atom. The second-order valence-electron chi connectivity index (χ2n) is 10.2. The van der Waals surface area contributed by atoms with E-state index in [4.69, 9.17) is 0 Å². The molecule has 0 fully saturated rings. The molecular weight excluding hydrogens is 404 g/mol. The van der Waals surface area contributed by atoms with E-state index in [0.717, 1.165) is 30.2 Å². The molecule has 33 heavy (non-hydrogen) atoms. The minimum absolute atomic E-state index is 0.149. The highest BCUT2D eigenvalue weighted by Crippen LogP contribution is 2.39. The Hall–Kier alpha value is -2.55. The van der Waals surface area contributed by atoms with Gasteiger partial charge in [0.25, 0.3) is 5.91 Å². The highest BCUT2D eigenvalue weighted by molar-refractivity contribution is 6.01. The van der Waals surface area contributed by atoms with Crippen molar-refractivity contribution < 1.29 is 4.79 Å². The van der Waals surface area contributed by atoms with Gasteiger partial charge in [0.15, 0.2) is 0 Å². The zero-order chi connectivity index (χ0) is 23.5. The molecule has 3 nitrogen and oxygen atoms in total. The van der Waals surface area contributed by atoms with Crippen LogP contribution in [0.5, 0.6) is 0 Å². The Morgan fingerprint density at radius 1 is 1.12 bits per heavy atom. The standard InChI is InChI=1S/C30H40N2O/c1-6-22(7-2)20(3)10-8-11-23-15-16-25-27(19-32(5)30(25)33)29(23)26-18-24(14-13-21(26)4)28-12-9-17-31-28/h9,13-18,20,22,28,31H,6-8,10-12,19H2,1-5H3. The van der Waals surface area contributed by atoms with E-state index in [0.29, 0.717) is 12.6 Å². The monoisotopic (exact) mass is 444 g/mol. The van der Waals surface area contributed by atoms with E-state index in [-0.39, 0.29) is 5.91 Å². The summed E-state index contributed by atoms with van der Waals surface area (Å²) in [5.41, 5.74) is 8.70. The first-order chi connectivity index (χ1) is 15.9. The molecular formula is C30H40N2O. The quantitative estimate of drug-likeness (QED) is 0.444. The van der Waals surface area contributed by atoms with Crippen LogP contribution in [0, 0.1) is 18.8 Å². The zero-order valence-corrected chi connectivity index (χ0v) is 21.1. The summed E-state index contributed by atoms with van der Waals surface area (Å²) in [6.07, 6.45) is 11.3. The lowest BCUT2D eigenvalue weighted by molar-refractivity contribution is 0.0816. The Morgan fingerprint density at radius 2 is 1.91 bits per heavy atom. The van der Waals surface area contributed by atoms with E-state index >= 15 is 0 Å². The van der Waals surface area contributed by atoms with E-state index in [1.165, 1.54) is 59.1 Å². The summed E-state index contributed by atoms with van der Waals surface area (Å²) in [6.45, 7) is 9.97. The van der Waals surface area contributed by atoms with Crippen LogP contribution in [0.25, 0.3) is 11.1 Å². The van der Waals surface area contributed by atoms with Crippen LogP contribution >= 0.6 is 0 Å². The normalized spacial score (nSPS) is 18.2. The first-order valence-corrected chi connectivity index (χ1v) is 12.9. The number of aryl methyl sites for hydroxylation is 2. The Labute approximate surface area is 200 Å². The number of fused-ring (bicyclic) bond motifs is 1. The number of amides is 1. The summed E-state index contributed by atoms with van der Waals surface area (Å²) in [6, 6.07) is 11.5. The lowest BCUT2D eigenvalue weighted by atomic mass is 9.83. The third-order valence-corrected chi connectivity index (χ3v) is 8.05. The van der Waals surface area contributed by atoms with Crippen LogP contribution in [0.1, 0.15) is 91.5 Å². The average Bonchev–Trinajstić information content (AvgIpc) is 3.44. The van der Waals surface area contributed by atoms with Crippen LogP contribution in [0.15, 0.2) is 42.6 Å². The molecule has 2 heterocycles. The molecule has 3 heteroatoms. The zero-order valence-electron chi connectivity index (χ0n) is 21.1. The summed E-state index contributed by atoms with van der Waals surface area (Å²) in [7, 11) is 1.92. The predicted molar refractivity (Wildman–Crippen MR) is 138 cm³/mol. The summed E-state index contributed by atoms with van der Waals surface area (Å²) < 4.78 is 0. The van der Waals surface area contributed by atoms with Crippen LogP contribution in [-0.4, -0.2) is 17.9 Å². The molecule has 1 N–H and O–H groups in total. The smallest absolute Gasteiger partial charge is 0.254 e. The van der Waals surface area contributed by atoms with Gasteiger partial charge in [-0.2, -0.15) is 0 Å². The molecule has 0 saturated carbocycles. The Bertz CT molecular complexity index is 1030. The first kappa shape index (κ1) is 23.6. The first-order valence-electron chi connectivity index (χ1n) is 12.9. The lowest BCUT2D eigenvalue weighted by Crippen LogP contribution is -2.17. The van der Waals surface area contributed by atoms with Crippen LogP contribution in [0.2, 0.25) is 0 Å². The van der Waals surface area contributed by atoms with Crippen LogP contribution < -0.4 is 5.32 Å². The van der Waals surface area contributed by atoms with E-state index in [1.54, 1.807) is 0 Å². The topological polar surface area (TPSA) is 32.3 Å².